The molecule has 1 aromatic heterocycles. The Hall–Kier alpha value is -4.12. The minimum Gasteiger partial charge on any atom is -0.457 e. The second-order valence-electron chi connectivity index (χ2n) is 6.94. The molecule has 3 aromatic carbocycles. The highest BCUT2D eigenvalue weighted by atomic mass is 16.5. The number of aromatic nitrogens is 1. The average molecular weight is 394 g/mol. The number of para-hydroxylation sites is 1. The Morgan fingerprint density at radius 3 is 2.07 bits per heavy atom. The molecule has 4 aromatic rings. The smallest absolute Gasteiger partial charge is 0.127 e. The van der Waals surface area contributed by atoms with Crippen LogP contribution in [-0.2, 0) is 6.42 Å². The first-order chi connectivity index (χ1) is 14.6. The van der Waals surface area contributed by atoms with E-state index in [9.17, 15) is 0 Å². The lowest BCUT2D eigenvalue weighted by Crippen LogP contribution is -2.17. The van der Waals surface area contributed by atoms with Gasteiger partial charge >= 0.3 is 0 Å². The number of hydrogen-bond acceptors (Lipinski definition) is 4. The normalized spacial score (nSPS) is 10.5. The van der Waals surface area contributed by atoms with Crippen molar-refractivity contribution in [1.29, 1.82) is 5.41 Å². The first kappa shape index (κ1) is 19.2. The maximum Gasteiger partial charge on any atom is 0.127 e. The molecule has 5 N–H and O–H groups in total. The van der Waals surface area contributed by atoms with Crippen molar-refractivity contribution in [2.24, 2.45) is 5.73 Å². The Labute approximate surface area is 175 Å². The molecule has 148 valence electrons. The third kappa shape index (κ3) is 4.15. The fourth-order valence-corrected chi connectivity index (χ4v) is 3.32. The van der Waals surface area contributed by atoms with Gasteiger partial charge in [0.05, 0.1) is 11.3 Å². The molecule has 0 fully saturated rings. The maximum atomic E-state index is 8.07. The first-order valence-corrected chi connectivity index (χ1v) is 9.61. The van der Waals surface area contributed by atoms with Crippen molar-refractivity contribution in [2.75, 3.05) is 5.73 Å². The number of nitrogens with zero attached hydrogens (tertiary/aromatic N) is 1. The van der Waals surface area contributed by atoms with E-state index in [-0.39, 0.29) is 5.84 Å². The summed E-state index contributed by atoms with van der Waals surface area (Å²) in [6, 6.07) is 27.1. The molecule has 0 amide bonds. The van der Waals surface area contributed by atoms with E-state index in [1.54, 1.807) is 6.20 Å². The molecular weight excluding hydrogens is 372 g/mol. The van der Waals surface area contributed by atoms with Crippen molar-refractivity contribution < 1.29 is 4.74 Å². The van der Waals surface area contributed by atoms with Crippen molar-refractivity contribution in [3.63, 3.8) is 0 Å². The molecule has 5 heteroatoms. The fraction of sp³-hybridized carbons (Fsp3) is 0.0400. The van der Waals surface area contributed by atoms with Crippen LogP contribution in [0.2, 0.25) is 0 Å². The van der Waals surface area contributed by atoms with Crippen molar-refractivity contribution in [3.05, 3.63) is 108 Å². The van der Waals surface area contributed by atoms with E-state index in [4.69, 9.17) is 21.6 Å². The highest BCUT2D eigenvalue weighted by Gasteiger charge is 2.17. The number of anilines is 1. The van der Waals surface area contributed by atoms with Gasteiger partial charge in [0.1, 0.15) is 17.3 Å². The van der Waals surface area contributed by atoms with E-state index in [1.807, 2.05) is 84.9 Å². The van der Waals surface area contributed by atoms with Gasteiger partial charge in [0.25, 0.3) is 0 Å². The SMILES string of the molecule is N=C(N)c1c(-c2ccc(Oc3ccccc3)cc2)ncc(Cc2ccccc2)c1N. The van der Waals surface area contributed by atoms with Crippen molar-refractivity contribution in [2.45, 2.75) is 6.42 Å². The molecule has 0 unspecified atom stereocenters. The van der Waals surface area contributed by atoms with E-state index in [0.29, 0.717) is 29.1 Å². The van der Waals surface area contributed by atoms with Gasteiger partial charge < -0.3 is 16.2 Å². The first-order valence-electron chi connectivity index (χ1n) is 9.61. The molecule has 30 heavy (non-hydrogen) atoms. The zero-order chi connectivity index (χ0) is 20.9. The number of rotatable bonds is 6. The highest BCUT2D eigenvalue weighted by molar-refractivity contribution is 6.05. The third-order valence-electron chi connectivity index (χ3n) is 4.81. The molecule has 0 aliphatic rings. The third-order valence-corrected chi connectivity index (χ3v) is 4.81. The molecule has 0 aliphatic heterocycles. The zero-order valence-electron chi connectivity index (χ0n) is 16.4. The lowest BCUT2D eigenvalue weighted by atomic mass is 9.97. The Bertz CT molecular complexity index is 1160. The second kappa shape index (κ2) is 8.49. The monoisotopic (exact) mass is 394 g/mol. The predicted molar refractivity (Wildman–Crippen MR) is 121 cm³/mol. The van der Waals surface area contributed by atoms with Gasteiger partial charge in [-0.25, -0.2) is 0 Å². The van der Waals surface area contributed by atoms with Crippen LogP contribution in [0, 0.1) is 5.41 Å². The molecule has 0 saturated carbocycles. The number of hydrogen-bond donors (Lipinski definition) is 3. The minimum atomic E-state index is -0.102. The summed E-state index contributed by atoms with van der Waals surface area (Å²) in [7, 11) is 0. The molecule has 0 atom stereocenters. The zero-order valence-corrected chi connectivity index (χ0v) is 16.4. The van der Waals surface area contributed by atoms with Crippen LogP contribution in [0.25, 0.3) is 11.3 Å². The number of pyridine rings is 1. The molecular formula is C25H22N4O. The molecule has 5 nitrogen and oxygen atoms in total. The standard InChI is InChI=1S/C25H22N4O/c26-23-19(15-17-7-3-1-4-8-17)16-29-24(22(23)25(27)28)18-11-13-21(14-12-18)30-20-9-5-2-6-10-20/h1-14,16H,15H2,(H2,26,29)(H3,27,28). The van der Waals surface area contributed by atoms with Crippen LogP contribution >= 0.6 is 0 Å². The summed E-state index contributed by atoms with van der Waals surface area (Å²) < 4.78 is 5.84. The number of ether oxygens (including phenoxy) is 1. The lowest BCUT2D eigenvalue weighted by molar-refractivity contribution is 0.483. The Morgan fingerprint density at radius 1 is 0.833 bits per heavy atom. The molecule has 0 radical (unpaired) electrons. The van der Waals surface area contributed by atoms with Crippen LogP contribution in [0.1, 0.15) is 16.7 Å². The number of benzene rings is 3. The van der Waals surface area contributed by atoms with Crippen LogP contribution in [0.5, 0.6) is 11.5 Å². The summed E-state index contributed by atoms with van der Waals surface area (Å²) >= 11 is 0. The number of nitrogens with one attached hydrogen (secondary N) is 1. The number of nitrogens with two attached hydrogens (primary N) is 2. The Kier molecular flexibility index (Phi) is 5.44. The van der Waals surface area contributed by atoms with E-state index >= 15 is 0 Å². The molecule has 0 bridgehead atoms. The van der Waals surface area contributed by atoms with Crippen molar-refractivity contribution in [1.82, 2.24) is 4.98 Å². The fourth-order valence-electron chi connectivity index (χ4n) is 3.32. The number of nitrogen functional groups attached to an aromatic ring is 2. The van der Waals surface area contributed by atoms with Gasteiger partial charge in [-0.15, -0.1) is 0 Å². The maximum absolute atomic E-state index is 8.07. The Balaban J connectivity index is 1.65. The van der Waals surface area contributed by atoms with E-state index in [1.165, 1.54) is 0 Å². The number of amidine groups is 1. The summed E-state index contributed by atoms with van der Waals surface area (Å²) in [5, 5.41) is 8.07. The van der Waals surface area contributed by atoms with Crippen LogP contribution < -0.4 is 16.2 Å². The summed E-state index contributed by atoms with van der Waals surface area (Å²) in [6.07, 6.45) is 2.39. The van der Waals surface area contributed by atoms with Crippen LogP contribution in [-0.4, -0.2) is 10.8 Å². The quantitative estimate of drug-likeness (QED) is 0.317. The Morgan fingerprint density at radius 2 is 1.43 bits per heavy atom. The van der Waals surface area contributed by atoms with Gasteiger partial charge in [0.2, 0.25) is 0 Å². The van der Waals surface area contributed by atoms with E-state index in [2.05, 4.69) is 4.98 Å². The predicted octanol–water partition coefficient (Wildman–Crippen LogP) is 5.00. The summed E-state index contributed by atoms with van der Waals surface area (Å²) in [5.41, 5.74) is 16.6. The highest BCUT2D eigenvalue weighted by Crippen LogP contribution is 2.31. The summed E-state index contributed by atoms with van der Waals surface area (Å²) in [6.45, 7) is 0. The van der Waals surface area contributed by atoms with Crippen LogP contribution in [0.3, 0.4) is 0 Å². The van der Waals surface area contributed by atoms with Gasteiger partial charge in [-0.2, -0.15) is 0 Å². The summed E-state index contributed by atoms with van der Waals surface area (Å²) in [5.74, 6) is 1.37. The van der Waals surface area contributed by atoms with Gasteiger partial charge in [-0.05, 0) is 47.5 Å². The molecule has 0 saturated heterocycles. The molecule has 1 heterocycles. The van der Waals surface area contributed by atoms with Crippen molar-refractivity contribution in [3.8, 4) is 22.8 Å². The topological polar surface area (TPSA) is 98.0 Å². The molecule has 4 rings (SSSR count). The second-order valence-corrected chi connectivity index (χ2v) is 6.94. The van der Waals surface area contributed by atoms with Gasteiger partial charge in [-0.1, -0.05) is 48.5 Å². The van der Waals surface area contributed by atoms with Crippen molar-refractivity contribution >= 4 is 11.5 Å². The van der Waals surface area contributed by atoms with Gasteiger partial charge in [0.15, 0.2) is 0 Å². The lowest BCUT2D eigenvalue weighted by Gasteiger charge is -2.15. The van der Waals surface area contributed by atoms with Crippen LogP contribution in [0.4, 0.5) is 5.69 Å². The molecule has 0 spiro atoms. The van der Waals surface area contributed by atoms with Gasteiger partial charge in [0, 0.05) is 23.9 Å². The van der Waals surface area contributed by atoms with Crippen LogP contribution in [0.15, 0.2) is 91.1 Å². The largest absolute Gasteiger partial charge is 0.457 e. The van der Waals surface area contributed by atoms with E-state index < -0.39 is 0 Å². The van der Waals surface area contributed by atoms with Gasteiger partial charge in [-0.3, -0.25) is 10.4 Å². The summed E-state index contributed by atoms with van der Waals surface area (Å²) in [4.78, 5) is 4.60. The molecule has 0 aliphatic carbocycles. The average Bonchev–Trinajstić information content (AvgIpc) is 2.77. The van der Waals surface area contributed by atoms with E-state index in [0.717, 1.165) is 22.4 Å². The minimum absolute atomic E-state index is 0.102.